The number of carbonyl (C=O) groups excluding carboxylic acids is 1. The molecule has 0 saturated carbocycles. The van der Waals surface area contributed by atoms with Crippen LogP contribution in [0, 0.1) is 6.92 Å². The third kappa shape index (κ3) is 4.59. The van der Waals surface area contributed by atoms with Gasteiger partial charge in [-0.1, -0.05) is 53.6 Å². The summed E-state index contributed by atoms with van der Waals surface area (Å²) in [6.45, 7) is 4.33. The van der Waals surface area contributed by atoms with Crippen LogP contribution in [0.3, 0.4) is 0 Å². The Labute approximate surface area is 130 Å². The number of hydrogen-bond acceptors (Lipinski definition) is 2. The van der Waals surface area contributed by atoms with E-state index >= 15 is 0 Å². The smallest absolute Gasteiger partial charge is 0.238 e. The van der Waals surface area contributed by atoms with Gasteiger partial charge < -0.3 is 10.6 Å². The van der Waals surface area contributed by atoms with E-state index in [0.29, 0.717) is 10.7 Å². The number of aryl methyl sites for hydroxylation is 1. The first-order valence-electron chi connectivity index (χ1n) is 6.90. The first-order valence-corrected chi connectivity index (χ1v) is 7.28. The fourth-order valence-electron chi connectivity index (χ4n) is 1.98. The van der Waals surface area contributed by atoms with E-state index in [0.717, 1.165) is 5.56 Å². The monoisotopic (exact) mass is 302 g/mol. The van der Waals surface area contributed by atoms with E-state index in [2.05, 4.69) is 41.8 Å². The van der Waals surface area contributed by atoms with Gasteiger partial charge in [-0.25, -0.2) is 0 Å². The maximum atomic E-state index is 11.9. The van der Waals surface area contributed by atoms with E-state index in [4.69, 9.17) is 11.6 Å². The van der Waals surface area contributed by atoms with Gasteiger partial charge in [0.25, 0.3) is 0 Å². The molecule has 2 rings (SSSR count). The molecule has 0 aromatic heterocycles. The highest BCUT2D eigenvalue weighted by atomic mass is 35.5. The molecule has 21 heavy (non-hydrogen) atoms. The summed E-state index contributed by atoms with van der Waals surface area (Å²) in [5, 5.41) is 6.53. The molecular weight excluding hydrogens is 284 g/mol. The highest BCUT2D eigenvalue weighted by molar-refractivity contribution is 6.33. The number of hydrogen-bond donors (Lipinski definition) is 2. The maximum Gasteiger partial charge on any atom is 0.238 e. The standard InChI is InChI=1S/C17H19ClN2O/c1-12-7-9-14(10-8-12)13(2)19-11-17(21)20-16-6-4-3-5-15(16)18/h3-10,13,19H,11H2,1-2H3,(H,20,21)/t13-/m1/s1. The third-order valence-electron chi connectivity index (χ3n) is 3.29. The van der Waals surface area contributed by atoms with Gasteiger partial charge in [-0.05, 0) is 31.5 Å². The SMILES string of the molecule is Cc1ccc([C@@H](C)NCC(=O)Nc2ccccc2Cl)cc1. The van der Waals surface area contributed by atoms with Crippen LogP contribution >= 0.6 is 11.6 Å². The second kappa shape index (κ2) is 7.25. The Morgan fingerprint density at radius 1 is 1.14 bits per heavy atom. The Bertz CT molecular complexity index is 610. The molecule has 2 aromatic carbocycles. The van der Waals surface area contributed by atoms with Gasteiger partial charge in [0, 0.05) is 6.04 Å². The van der Waals surface area contributed by atoms with Crippen LogP contribution in [0.25, 0.3) is 0 Å². The van der Waals surface area contributed by atoms with Crippen molar-refractivity contribution in [2.45, 2.75) is 19.9 Å². The molecule has 0 spiro atoms. The van der Waals surface area contributed by atoms with Crippen LogP contribution in [0.1, 0.15) is 24.1 Å². The van der Waals surface area contributed by atoms with E-state index in [1.54, 1.807) is 12.1 Å². The van der Waals surface area contributed by atoms with Crippen molar-refractivity contribution in [2.24, 2.45) is 0 Å². The number of rotatable bonds is 5. The van der Waals surface area contributed by atoms with Gasteiger partial charge in [-0.2, -0.15) is 0 Å². The summed E-state index contributed by atoms with van der Waals surface area (Å²) in [5.41, 5.74) is 3.02. The zero-order valence-corrected chi connectivity index (χ0v) is 12.9. The van der Waals surface area contributed by atoms with Crippen molar-refractivity contribution in [2.75, 3.05) is 11.9 Å². The minimum absolute atomic E-state index is 0.109. The number of carbonyl (C=O) groups is 1. The van der Waals surface area contributed by atoms with Crippen LogP contribution in [-0.4, -0.2) is 12.5 Å². The van der Waals surface area contributed by atoms with Crippen molar-refractivity contribution in [1.29, 1.82) is 0 Å². The second-order valence-electron chi connectivity index (χ2n) is 5.04. The van der Waals surface area contributed by atoms with Gasteiger partial charge in [0.2, 0.25) is 5.91 Å². The van der Waals surface area contributed by atoms with E-state index in [1.807, 2.05) is 19.1 Å². The molecular formula is C17H19ClN2O. The lowest BCUT2D eigenvalue weighted by Gasteiger charge is -2.14. The van der Waals surface area contributed by atoms with Crippen LogP contribution in [-0.2, 0) is 4.79 Å². The molecule has 0 radical (unpaired) electrons. The Morgan fingerprint density at radius 3 is 2.48 bits per heavy atom. The van der Waals surface area contributed by atoms with Crippen molar-refractivity contribution in [3.05, 3.63) is 64.7 Å². The predicted molar refractivity (Wildman–Crippen MR) is 87.7 cm³/mol. The number of amides is 1. The number of nitrogens with one attached hydrogen (secondary N) is 2. The first kappa shape index (κ1) is 15.5. The molecule has 2 aromatic rings. The van der Waals surface area contributed by atoms with Gasteiger partial charge >= 0.3 is 0 Å². The van der Waals surface area contributed by atoms with Crippen molar-refractivity contribution in [1.82, 2.24) is 5.32 Å². The molecule has 0 unspecified atom stereocenters. The lowest BCUT2D eigenvalue weighted by atomic mass is 10.1. The van der Waals surface area contributed by atoms with E-state index < -0.39 is 0 Å². The van der Waals surface area contributed by atoms with E-state index in [9.17, 15) is 4.79 Å². The average molecular weight is 303 g/mol. The molecule has 0 saturated heterocycles. The Balaban J connectivity index is 1.86. The lowest BCUT2D eigenvalue weighted by molar-refractivity contribution is -0.115. The van der Waals surface area contributed by atoms with Crippen molar-refractivity contribution >= 4 is 23.2 Å². The molecule has 0 fully saturated rings. The molecule has 2 N–H and O–H groups in total. The minimum atomic E-state index is -0.109. The van der Waals surface area contributed by atoms with Crippen molar-refractivity contribution in [3.63, 3.8) is 0 Å². The summed E-state index contributed by atoms with van der Waals surface area (Å²) >= 11 is 6.01. The molecule has 3 nitrogen and oxygen atoms in total. The lowest BCUT2D eigenvalue weighted by Crippen LogP contribution is -2.30. The van der Waals surface area contributed by atoms with Gasteiger partial charge in [-0.3, -0.25) is 4.79 Å². The van der Waals surface area contributed by atoms with Crippen molar-refractivity contribution < 1.29 is 4.79 Å². The minimum Gasteiger partial charge on any atom is -0.324 e. The van der Waals surface area contributed by atoms with Gasteiger partial charge in [0.05, 0.1) is 17.3 Å². The Kier molecular flexibility index (Phi) is 5.37. The largest absolute Gasteiger partial charge is 0.324 e. The van der Waals surface area contributed by atoms with Crippen molar-refractivity contribution in [3.8, 4) is 0 Å². The van der Waals surface area contributed by atoms with Gasteiger partial charge in [0.1, 0.15) is 0 Å². The van der Waals surface area contributed by atoms with E-state index in [-0.39, 0.29) is 18.5 Å². The zero-order chi connectivity index (χ0) is 15.2. The number of halogens is 1. The molecule has 110 valence electrons. The summed E-state index contributed by atoms with van der Waals surface area (Å²) in [6, 6.07) is 15.6. The molecule has 0 aliphatic carbocycles. The quantitative estimate of drug-likeness (QED) is 0.878. The molecule has 1 atom stereocenters. The first-order chi connectivity index (χ1) is 10.1. The fourth-order valence-corrected chi connectivity index (χ4v) is 2.16. The normalized spacial score (nSPS) is 12.0. The molecule has 4 heteroatoms. The summed E-state index contributed by atoms with van der Waals surface area (Å²) in [6.07, 6.45) is 0. The Hall–Kier alpha value is -1.84. The van der Waals surface area contributed by atoms with E-state index in [1.165, 1.54) is 5.56 Å². The number of benzene rings is 2. The van der Waals surface area contributed by atoms with Crippen LogP contribution in [0.4, 0.5) is 5.69 Å². The van der Waals surface area contributed by atoms with Crippen LogP contribution in [0.2, 0.25) is 5.02 Å². The second-order valence-corrected chi connectivity index (χ2v) is 5.45. The number of anilines is 1. The molecule has 0 heterocycles. The topological polar surface area (TPSA) is 41.1 Å². The van der Waals surface area contributed by atoms with Crippen LogP contribution < -0.4 is 10.6 Å². The Morgan fingerprint density at radius 2 is 1.81 bits per heavy atom. The summed E-state index contributed by atoms with van der Waals surface area (Å²) in [4.78, 5) is 11.9. The predicted octanol–water partition coefficient (Wildman–Crippen LogP) is 3.94. The molecule has 0 aliphatic heterocycles. The highest BCUT2D eigenvalue weighted by Crippen LogP contribution is 2.20. The third-order valence-corrected chi connectivity index (χ3v) is 3.62. The summed E-state index contributed by atoms with van der Waals surface area (Å²) < 4.78 is 0. The summed E-state index contributed by atoms with van der Waals surface area (Å²) in [7, 11) is 0. The zero-order valence-electron chi connectivity index (χ0n) is 12.2. The van der Waals surface area contributed by atoms with Crippen LogP contribution in [0.15, 0.2) is 48.5 Å². The maximum absolute atomic E-state index is 11.9. The average Bonchev–Trinajstić information content (AvgIpc) is 2.48. The fraction of sp³-hybridized carbons (Fsp3) is 0.235. The summed E-state index contributed by atoms with van der Waals surface area (Å²) in [5.74, 6) is -0.109. The number of para-hydroxylation sites is 1. The molecule has 0 aliphatic rings. The van der Waals surface area contributed by atoms with Crippen LogP contribution in [0.5, 0.6) is 0 Å². The highest BCUT2D eigenvalue weighted by Gasteiger charge is 2.09. The molecule has 1 amide bonds. The van der Waals surface area contributed by atoms with Gasteiger partial charge in [-0.15, -0.1) is 0 Å². The van der Waals surface area contributed by atoms with Gasteiger partial charge in [0.15, 0.2) is 0 Å². The molecule has 0 bridgehead atoms.